The third-order valence-electron chi connectivity index (χ3n) is 4.99. The third kappa shape index (κ3) is 3.92. The molecule has 3 heterocycles. The molecule has 8 heteroatoms. The average Bonchev–Trinajstić information content (AvgIpc) is 3.04. The Balaban J connectivity index is 1.71. The topological polar surface area (TPSA) is 69.3 Å². The summed E-state index contributed by atoms with van der Waals surface area (Å²) in [4.78, 5) is 12.2. The first-order chi connectivity index (χ1) is 11.0. The Labute approximate surface area is 142 Å². The molecule has 2 aliphatic rings. The normalized spacial score (nSPS) is 28.1. The number of aromatic amines is 1. The van der Waals surface area contributed by atoms with Gasteiger partial charge in [0.2, 0.25) is 0 Å². The molecule has 0 aromatic carbocycles. The molecule has 0 radical (unpaired) electrons. The van der Waals surface area contributed by atoms with E-state index in [1.807, 2.05) is 18.7 Å². The minimum Gasteiger partial charge on any atom is -0.348 e. The fourth-order valence-electron chi connectivity index (χ4n) is 3.72. The van der Waals surface area contributed by atoms with Gasteiger partial charge in [-0.3, -0.25) is 9.80 Å². The number of hydrogen-bond acceptors (Lipinski definition) is 6. The van der Waals surface area contributed by atoms with Crippen LogP contribution in [-0.2, 0) is 16.4 Å². The highest BCUT2D eigenvalue weighted by molar-refractivity contribution is 7.98. The zero-order chi connectivity index (χ0) is 16.4. The molecule has 0 unspecified atom stereocenters. The standard InChI is InChI=1S/C15H26N4O2S2/c1-12-13(17-11-16-12)8-19-6-5-18(4-3-7-22-2)14-9-23(20,21)10-15(14)19/h11,14-15H,3-10H2,1-2H3,(H,16,17)/t14-,15+/m0/s1. The maximum absolute atomic E-state index is 12.2. The van der Waals surface area contributed by atoms with E-state index in [9.17, 15) is 8.42 Å². The Hall–Kier alpha value is -0.570. The number of aromatic nitrogens is 2. The second kappa shape index (κ2) is 7.13. The number of nitrogens with one attached hydrogen (secondary N) is 1. The molecule has 2 fully saturated rings. The number of nitrogens with zero attached hydrogens (tertiary/aromatic N) is 3. The average molecular weight is 359 g/mol. The van der Waals surface area contributed by atoms with Crippen LogP contribution in [0, 0.1) is 6.92 Å². The first kappa shape index (κ1) is 17.3. The molecule has 0 saturated carbocycles. The fourth-order valence-corrected chi connectivity index (χ4v) is 6.18. The van der Waals surface area contributed by atoms with Gasteiger partial charge in [-0.25, -0.2) is 13.4 Å². The molecule has 0 amide bonds. The Morgan fingerprint density at radius 2 is 2.00 bits per heavy atom. The van der Waals surface area contributed by atoms with Crippen LogP contribution in [0.3, 0.4) is 0 Å². The smallest absolute Gasteiger partial charge is 0.153 e. The molecule has 1 aromatic rings. The Morgan fingerprint density at radius 1 is 1.30 bits per heavy atom. The number of fused-ring (bicyclic) bond motifs is 1. The quantitative estimate of drug-likeness (QED) is 0.757. The van der Waals surface area contributed by atoms with E-state index < -0.39 is 9.84 Å². The molecule has 6 nitrogen and oxygen atoms in total. The van der Waals surface area contributed by atoms with Gasteiger partial charge in [0, 0.05) is 37.4 Å². The van der Waals surface area contributed by atoms with E-state index in [4.69, 9.17) is 0 Å². The number of piperazine rings is 1. The van der Waals surface area contributed by atoms with Crippen molar-refractivity contribution >= 4 is 21.6 Å². The summed E-state index contributed by atoms with van der Waals surface area (Å²) < 4.78 is 24.4. The van der Waals surface area contributed by atoms with Gasteiger partial charge in [0.15, 0.2) is 9.84 Å². The van der Waals surface area contributed by atoms with Crippen LogP contribution >= 0.6 is 11.8 Å². The van der Waals surface area contributed by atoms with E-state index in [-0.39, 0.29) is 12.1 Å². The van der Waals surface area contributed by atoms with Crippen LogP contribution < -0.4 is 0 Å². The Kier molecular flexibility index (Phi) is 5.35. The lowest BCUT2D eigenvalue weighted by Crippen LogP contribution is -2.58. The molecule has 2 saturated heterocycles. The maximum atomic E-state index is 12.2. The Morgan fingerprint density at radius 3 is 2.65 bits per heavy atom. The molecule has 0 spiro atoms. The molecule has 0 aliphatic carbocycles. The molecule has 1 aromatic heterocycles. The maximum Gasteiger partial charge on any atom is 0.153 e. The highest BCUT2D eigenvalue weighted by Gasteiger charge is 2.46. The first-order valence-corrected chi connectivity index (χ1v) is 11.4. The van der Waals surface area contributed by atoms with Crippen molar-refractivity contribution in [2.24, 2.45) is 0 Å². The summed E-state index contributed by atoms with van der Waals surface area (Å²) in [7, 11) is -2.93. The minimum absolute atomic E-state index is 0.110. The van der Waals surface area contributed by atoms with Crippen LogP contribution in [0.4, 0.5) is 0 Å². The van der Waals surface area contributed by atoms with E-state index in [2.05, 4.69) is 26.0 Å². The molecule has 2 atom stereocenters. The summed E-state index contributed by atoms with van der Waals surface area (Å²) in [5.74, 6) is 1.74. The van der Waals surface area contributed by atoms with Crippen molar-refractivity contribution < 1.29 is 8.42 Å². The second-order valence-electron chi connectivity index (χ2n) is 6.54. The predicted molar refractivity (Wildman–Crippen MR) is 94.5 cm³/mol. The Bertz CT molecular complexity index is 631. The van der Waals surface area contributed by atoms with Gasteiger partial charge in [-0.05, 0) is 31.9 Å². The molecular formula is C15H26N4O2S2. The molecule has 130 valence electrons. The summed E-state index contributed by atoms with van der Waals surface area (Å²) in [5.41, 5.74) is 2.11. The van der Waals surface area contributed by atoms with E-state index in [1.54, 1.807) is 6.33 Å². The molecule has 23 heavy (non-hydrogen) atoms. The van der Waals surface area contributed by atoms with E-state index >= 15 is 0 Å². The van der Waals surface area contributed by atoms with Crippen LogP contribution in [0.15, 0.2) is 6.33 Å². The van der Waals surface area contributed by atoms with Crippen LogP contribution in [0.25, 0.3) is 0 Å². The van der Waals surface area contributed by atoms with Gasteiger partial charge >= 0.3 is 0 Å². The van der Waals surface area contributed by atoms with Gasteiger partial charge in [0.25, 0.3) is 0 Å². The molecular weight excluding hydrogens is 332 g/mol. The second-order valence-corrected chi connectivity index (χ2v) is 9.68. The van der Waals surface area contributed by atoms with Gasteiger partial charge in [-0.2, -0.15) is 11.8 Å². The monoisotopic (exact) mass is 358 g/mol. The highest BCUT2D eigenvalue weighted by atomic mass is 32.2. The lowest BCUT2D eigenvalue weighted by Gasteiger charge is -2.43. The number of rotatable bonds is 6. The summed E-state index contributed by atoms with van der Waals surface area (Å²) >= 11 is 1.85. The van der Waals surface area contributed by atoms with Crippen molar-refractivity contribution in [1.29, 1.82) is 0 Å². The third-order valence-corrected chi connectivity index (χ3v) is 7.38. The van der Waals surface area contributed by atoms with Gasteiger partial charge in [-0.1, -0.05) is 0 Å². The number of sulfone groups is 1. The molecule has 0 bridgehead atoms. The van der Waals surface area contributed by atoms with Crippen LogP contribution in [0.1, 0.15) is 17.8 Å². The number of hydrogen-bond donors (Lipinski definition) is 1. The largest absolute Gasteiger partial charge is 0.348 e. The lowest BCUT2D eigenvalue weighted by molar-refractivity contribution is 0.0399. The van der Waals surface area contributed by atoms with Gasteiger partial charge in [0.05, 0.1) is 23.5 Å². The number of H-pyrrole nitrogens is 1. The molecule has 3 rings (SSSR count). The van der Waals surface area contributed by atoms with Crippen molar-refractivity contribution in [3.8, 4) is 0 Å². The summed E-state index contributed by atoms with van der Waals surface area (Å²) in [6, 6.07) is 0.258. The lowest BCUT2D eigenvalue weighted by atomic mass is 10.0. The van der Waals surface area contributed by atoms with Crippen molar-refractivity contribution in [1.82, 2.24) is 19.8 Å². The van der Waals surface area contributed by atoms with Gasteiger partial charge < -0.3 is 4.98 Å². The molecule has 1 N–H and O–H groups in total. The number of thioether (sulfide) groups is 1. The van der Waals surface area contributed by atoms with Gasteiger partial charge in [-0.15, -0.1) is 0 Å². The van der Waals surface area contributed by atoms with Crippen LogP contribution in [0.2, 0.25) is 0 Å². The van der Waals surface area contributed by atoms with Crippen molar-refractivity contribution in [2.75, 3.05) is 43.1 Å². The summed E-state index contributed by atoms with van der Waals surface area (Å²) in [6.07, 6.45) is 4.96. The predicted octanol–water partition coefficient (Wildman–Crippen LogP) is 0.754. The number of aryl methyl sites for hydroxylation is 1. The summed E-state index contributed by atoms with van der Waals surface area (Å²) in [6.45, 7) is 5.64. The van der Waals surface area contributed by atoms with Crippen LogP contribution in [-0.4, -0.2) is 83.4 Å². The fraction of sp³-hybridized carbons (Fsp3) is 0.800. The summed E-state index contributed by atoms with van der Waals surface area (Å²) in [5, 5.41) is 0. The van der Waals surface area contributed by atoms with Crippen molar-refractivity contribution in [3.63, 3.8) is 0 Å². The van der Waals surface area contributed by atoms with E-state index in [1.165, 1.54) is 0 Å². The molecule has 2 aliphatic heterocycles. The van der Waals surface area contributed by atoms with Crippen molar-refractivity contribution in [3.05, 3.63) is 17.7 Å². The van der Waals surface area contributed by atoms with Crippen LogP contribution in [0.5, 0.6) is 0 Å². The van der Waals surface area contributed by atoms with E-state index in [0.29, 0.717) is 11.5 Å². The highest BCUT2D eigenvalue weighted by Crippen LogP contribution is 2.28. The van der Waals surface area contributed by atoms with E-state index in [0.717, 1.165) is 49.7 Å². The zero-order valence-electron chi connectivity index (χ0n) is 13.9. The first-order valence-electron chi connectivity index (χ1n) is 8.16. The minimum atomic E-state index is -2.93. The number of imidazole rings is 1. The zero-order valence-corrected chi connectivity index (χ0v) is 15.5. The SMILES string of the molecule is CSCCCN1CCN(Cc2nc[nH]c2C)[C@@H]2CS(=O)(=O)C[C@@H]21. The van der Waals surface area contributed by atoms with Gasteiger partial charge in [0.1, 0.15) is 0 Å². The van der Waals surface area contributed by atoms with Crippen molar-refractivity contribution in [2.45, 2.75) is 32.0 Å².